The number of aliphatic hydroxyl groups excluding tert-OH is 1. The number of benzene rings is 1. The molecule has 2 bridgehead atoms. The molecule has 8 nitrogen and oxygen atoms in total. The molecule has 0 aliphatic carbocycles. The maximum absolute atomic E-state index is 14.1. The average Bonchev–Trinajstić information content (AvgIpc) is 3.38. The van der Waals surface area contributed by atoms with Crippen LogP contribution in [-0.2, 0) is 23.9 Å². The molecule has 3 aliphatic rings. The zero-order valence-electron chi connectivity index (χ0n) is 21.6. The lowest BCUT2D eigenvalue weighted by Gasteiger charge is -2.39. The highest BCUT2D eigenvalue weighted by atomic mass is 16.6. The summed E-state index contributed by atoms with van der Waals surface area (Å²) >= 11 is 0. The second kappa shape index (κ2) is 9.21. The molecule has 1 aromatic carbocycles. The van der Waals surface area contributed by atoms with Crippen molar-refractivity contribution in [3.8, 4) is 0 Å². The number of nitrogens with zero attached hydrogens (tertiary/aromatic N) is 1. The van der Waals surface area contributed by atoms with E-state index in [1.165, 1.54) is 4.90 Å². The van der Waals surface area contributed by atoms with Crippen molar-refractivity contribution in [2.24, 2.45) is 17.8 Å². The first-order valence-corrected chi connectivity index (χ1v) is 12.7. The Bertz CT molecular complexity index is 1030. The van der Waals surface area contributed by atoms with Crippen molar-refractivity contribution >= 4 is 23.5 Å². The van der Waals surface area contributed by atoms with Crippen molar-refractivity contribution in [2.45, 2.75) is 84.1 Å². The third-order valence-corrected chi connectivity index (χ3v) is 8.50. The molecule has 0 aromatic heterocycles. The van der Waals surface area contributed by atoms with Crippen LogP contribution in [0.4, 0.5) is 5.69 Å². The van der Waals surface area contributed by atoms with Crippen molar-refractivity contribution in [3.63, 3.8) is 0 Å². The van der Waals surface area contributed by atoms with Gasteiger partial charge in [-0.3, -0.25) is 14.4 Å². The van der Waals surface area contributed by atoms with Gasteiger partial charge in [0.15, 0.2) is 0 Å². The first-order valence-electron chi connectivity index (χ1n) is 12.7. The van der Waals surface area contributed by atoms with E-state index in [0.29, 0.717) is 18.5 Å². The van der Waals surface area contributed by atoms with E-state index in [4.69, 9.17) is 9.47 Å². The summed E-state index contributed by atoms with van der Waals surface area (Å²) in [6.45, 7) is 11.3. The van der Waals surface area contributed by atoms with Crippen molar-refractivity contribution in [2.75, 3.05) is 18.5 Å². The van der Waals surface area contributed by atoms with Crippen molar-refractivity contribution in [1.29, 1.82) is 0 Å². The van der Waals surface area contributed by atoms with E-state index in [-0.39, 0.29) is 30.9 Å². The molecule has 2 amide bonds. The number of ether oxygens (including phenoxy) is 2. The summed E-state index contributed by atoms with van der Waals surface area (Å²) in [6, 6.07) is 4.28. The minimum Gasteiger partial charge on any atom is -0.466 e. The Kier molecular flexibility index (Phi) is 6.74. The van der Waals surface area contributed by atoms with Crippen molar-refractivity contribution in [3.05, 3.63) is 29.3 Å². The first-order chi connectivity index (χ1) is 16.5. The Morgan fingerprint density at radius 3 is 2.63 bits per heavy atom. The summed E-state index contributed by atoms with van der Waals surface area (Å²) in [4.78, 5) is 42.7. The third kappa shape index (κ3) is 3.85. The van der Waals surface area contributed by atoms with Crippen LogP contribution >= 0.6 is 0 Å². The number of amides is 2. The average molecular weight is 487 g/mol. The largest absolute Gasteiger partial charge is 0.466 e. The number of likely N-dealkylation sites (tertiary alicyclic amines) is 1. The minimum atomic E-state index is -1.15. The molecule has 0 radical (unpaired) electrons. The summed E-state index contributed by atoms with van der Waals surface area (Å²) in [5.74, 6) is -2.80. The number of fused-ring (bicyclic) bond motifs is 1. The lowest BCUT2D eigenvalue weighted by Crippen LogP contribution is -2.57. The second-order valence-corrected chi connectivity index (χ2v) is 10.7. The molecule has 2 unspecified atom stereocenters. The lowest BCUT2D eigenvalue weighted by molar-refractivity contribution is -0.160. The van der Waals surface area contributed by atoms with Crippen LogP contribution in [0.1, 0.15) is 58.1 Å². The van der Waals surface area contributed by atoms with Gasteiger partial charge in [-0.15, -0.1) is 0 Å². The van der Waals surface area contributed by atoms with Crippen LogP contribution < -0.4 is 5.32 Å². The number of esters is 1. The number of aryl methyl sites for hydroxylation is 2. The maximum atomic E-state index is 14.1. The first kappa shape index (κ1) is 25.6. The molecule has 3 saturated heterocycles. The Balaban J connectivity index is 1.81. The molecule has 0 saturated carbocycles. The predicted octanol–water partition coefficient (Wildman–Crippen LogP) is 2.98. The van der Waals surface area contributed by atoms with Crippen LogP contribution in [0.15, 0.2) is 18.2 Å². The predicted molar refractivity (Wildman–Crippen MR) is 131 cm³/mol. The number of rotatable bonds is 8. The van der Waals surface area contributed by atoms with Crippen LogP contribution in [0.25, 0.3) is 0 Å². The van der Waals surface area contributed by atoms with Gasteiger partial charge in [-0.25, -0.2) is 0 Å². The Hall–Kier alpha value is -2.45. The quantitative estimate of drug-likeness (QED) is 0.548. The molecule has 3 heterocycles. The van der Waals surface area contributed by atoms with E-state index < -0.39 is 41.1 Å². The molecule has 2 N–H and O–H groups in total. The molecular weight excluding hydrogens is 448 g/mol. The number of carbonyl (C=O) groups is 3. The summed E-state index contributed by atoms with van der Waals surface area (Å²) < 4.78 is 11.9. The summed E-state index contributed by atoms with van der Waals surface area (Å²) in [5, 5.41) is 13.4. The molecule has 3 aliphatic heterocycles. The van der Waals surface area contributed by atoms with Gasteiger partial charge in [0.05, 0.1) is 30.8 Å². The Labute approximate surface area is 207 Å². The molecule has 8 heteroatoms. The van der Waals surface area contributed by atoms with E-state index in [1.54, 1.807) is 6.92 Å². The molecule has 3 fully saturated rings. The molecular formula is C27H38N2O6. The van der Waals surface area contributed by atoms with Crippen LogP contribution in [0, 0.1) is 31.6 Å². The fraction of sp³-hybridized carbons (Fsp3) is 0.667. The number of aliphatic hydroxyl groups is 1. The molecule has 7 atom stereocenters. The Morgan fingerprint density at radius 1 is 1.29 bits per heavy atom. The van der Waals surface area contributed by atoms with Crippen LogP contribution in [0.2, 0.25) is 0 Å². The SMILES string of the molecule is CCOC(=O)[C@H]1[C@H]2C(=O)N([C@@H](CO)[C@@H](C)CC)C(C(=O)Nc3cc(C)ccc3C)C23CC[C@]1(C)O3. The smallest absolute Gasteiger partial charge is 0.312 e. The van der Waals surface area contributed by atoms with Gasteiger partial charge in [0.1, 0.15) is 17.6 Å². The monoisotopic (exact) mass is 486 g/mol. The fourth-order valence-corrected chi connectivity index (χ4v) is 6.50. The fourth-order valence-electron chi connectivity index (χ4n) is 6.50. The topological polar surface area (TPSA) is 105 Å². The van der Waals surface area contributed by atoms with Gasteiger partial charge < -0.3 is 24.8 Å². The van der Waals surface area contributed by atoms with Gasteiger partial charge >= 0.3 is 5.97 Å². The van der Waals surface area contributed by atoms with Gasteiger partial charge in [0.25, 0.3) is 0 Å². The molecule has 35 heavy (non-hydrogen) atoms. The number of hydrogen-bond donors (Lipinski definition) is 2. The minimum absolute atomic E-state index is 0.0518. The molecule has 4 rings (SSSR count). The van der Waals surface area contributed by atoms with E-state index >= 15 is 0 Å². The van der Waals surface area contributed by atoms with Gasteiger partial charge in [0.2, 0.25) is 11.8 Å². The van der Waals surface area contributed by atoms with Crippen molar-refractivity contribution < 1.29 is 29.0 Å². The number of anilines is 1. The van der Waals surface area contributed by atoms with E-state index in [1.807, 2.05) is 52.8 Å². The Morgan fingerprint density at radius 2 is 2.00 bits per heavy atom. The zero-order valence-corrected chi connectivity index (χ0v) is 21.6. The third-order valence-electron chi connectivity index (χ3n) is 8.50. The molecule has 1 aromatic rings. The highest BCUT2D eigenvalue weighted by molar-refractivity contribution is 6.03. The highest BCUT2D eigenvalue weighted by Crippen LogP contribution is 2.63. The van der Waals surface area contributed by atoms with Gasteiger partial charge in [-0.1, -0.05) is 32.4 Å². The molecule has 1 spiro atoms. The maximum Gasteiger partial charge on any atom is 0.312 e. The van der Waals surface area contributed by atoms with E-state index in [9.17, 15) is 19.5 Å². The van der Waals surface area contributed by atoms with Crippen molar-refractivity contribution in [1.82, 2.24) is 4.90 Å². The number of carbonyl (C=O) groups excluding carboxylic acids is 3. The summed E-state index contributed by atoms with van der Waals surface area (Å²) in [7, 11) is 0. The van der Waals surface area contributed by atoms with Gasteiger partial charge in [-0.05, 0) is 63.6 Å². The summed E-state index contributed by atoms with van der Waals surface area (Å²) in [6.07, 6.45) is 1.75. The lowest BCUT2D eigenvalue weighted by atomic mass is 9.66. The van der Waals surface area contributed by atoms with Crippen LogP contribution in [-0.4, -0.2) is 64.3 Å². The standard InChI is InChI=1S/C27H38N2O6/c1-7-16(4)19(14-30)29-22(23(31)28-18-13-15(3)9-10-17(18)5)27-12-11-26(6,35-27)21(20(27)24(29)32)25(33)34-8-2/h9-10,13,16,19-22,30H,7-8,11-12,14H2,1-6H3,(H,28,31)/t16-,19-,20-,21+,22?,26-,27?/m0/s1. The van der Waals surface area contributed by atoms with E-state index in [0.717, 1.165) is 17.5 Å². The highest BCUT2D eigenvalue weighted by Gasteiger charge is 2.79. The van der Waals surface area contributed by atoms with Crippen LogP contribution in [0.5, 0.6) is 0 Å². The summed E-state index contributed by atoms with van der Waals surface area (Å²) in [5.41, 5.74) is 0.560. The van der Waals surface area contributed by atoms with Gasteiger partial charge in [-0.2, -0.15) is 0 Å². The zero-order chi connectivity index (χ0) is 25.7. The second-order valence-electron chi connectivity index (χ2n) is 10.7. The number of hydrogen-bond acceptors (Lipinski definition) is 6. The van der Waals surface area contributed by atoms with Gasteiger partial charge in [0, 0.05) is 5.69 Å². The van der Waals surface area contributed by atoms with Crippen LogP contribution in [0.3, 0.4) is 0 Å². The van der Waals surface area contributed by atoms with E-state index in [2.05, 4.69) is 5.32 Å². The molecule has 192 valence electrons. The number of nitrogens with one attached hydrogen (secondary N) is 1. The normalized spacial score (nSPS) is 32.9.